The maximum atomic E-state index is 16.3. The van der Waals surface area contributed by atoms with Gasteiger partial charge in [-0.3, -0.25) is 47.9 Å². The van der Waals surface area contributed by atoms with Gasteiger partial charge < -0.3 is 143 Å². The highest BCUT2D eigenvalue weighted by molar-refractivity contribution is 8.13. The Kier molecular flexibility index (Phi) is 28.6. The number of ether oxygens (including phenoxy) is 7. The molecular formula is C82H88Cl2N10O28S. The quantitative estimate of drug-likeness (QED) is 0.0430. The number of phenols is 4. The van der Waals surface area contributed by atoms with Crippen molar-refractivity contribution in [1.29, 1.82) is 0 Å². The number of hydrogen-bond acceptors (Lipinski definition) is 30. The Balaban J connectivity index is 1.03. The van der Waals surface area contributed by atoms with Crippen LogP contribution in [0.4, 0.5) is 0 Å². The van der Waals surface area contributed by atoms with Gasteiger partial charge in [-0.2, -0.15) is 0 Å². The first-order valence-corrected chi connectivity index (χ1v) is 40.1. The number of halogens is 2. The first-order chi connectivity index (χ1) is 58.4. The van der Waals surface area contributed by atoms with E-state index in [2.05, 4.69) is 42.5 Å². The van der Waals surface area contributed by atoms with Crippen LogP contribution in [0, 0.1) is 0 Å². The van der Waals surface area contributed by atoms with E-state index in [0.29, 0.717) is 35.7 Å². The number of aliphatic hydroxyl groups excluding tert-OH is 6. The number of hydrogen-bond donors (Lipinski definition) is 21. The first kappa shape index (κ1) is 90.6. The molecule has 7 aliphatic rings. The van der Waals surface area contributed by atoms with Crippen molar-refractivity contribution in [3.8, 4) is 68.6 Å². The van der Waals surface area contributed by atoms with Crippen molar-refractivity contribution in [1.82, 2.24) is 42.5 Å². The Morgan fingerprint density at radius 3 is 1.98 bits per heavy atom. The van der Waals surface area contributed by atoms with Gasteiger partial charge in [-0.25, -0.2) is 0 Å². The van der Waals surface area contributed by atoms with Crippen molar-refractivity contribution < 1.29 is 137 Å². The summed E-state index contributed by atoms with van der Waals surface area (Å²) in [6, 6.07) is 10.7. The molecule has 0 aromatic heterocycles. The molecule has 11 bridgehead atoms. The SMILES string of the molecule is CC(=O)SCCCOc1cccc(CN[C@@]2(C)C[C@H](O[C@H]3[C@H](Oc4c5cc6cc4Oc4ccc(cc4Cl)[C@@H](O)[C@@H](NC(=O)[C@@H](N)Cc4ccc(O)cc4)C(=O)N[C@@H](CC(N)=O)C(=O)N[C@H]6C(=O)N[C@H]4C(=O)N[C@H](C(=O)N[C@H](C(=O)NCC(=O)O)c6cc(O)cc(O)c6-c6cc4ccc6O)[C@H](O)c4ccc(c(Cl)c4)O5)O[C@H](CO)[C@@H](O)[C@@H]3O)O[C@@H](C)[C@H]2O)c1. The molecule has 14 rings (SSSR count). The van der Waals surface area contributed by atoms with Crippen LogP contribution in [0.5, 0.6) is 57.5 Å². The minimum atomic E-state index is -2.43. The van der Waals surface area contributed by atoms with Gasteiger partial charge >= 0.3 is 5.97 Å². The number of aliphatic hydroxyl groups is 6. The number of aliphatic carboxylic acids is 1. The molecule has 7 aliphatic heterocycles. The minimum Gasteiger partial charge on any atom is -0.508 e. The van der Waals surface area contributed by atoms with Gasteiger partial charge in [0.15, 0.2) is 29.0 Å². The van der Waals surface area contributed by atoms with E-state index < -0.39 is 266 Å². The molecule has 0 aliphatic carbocycles. The van der Waals surface area contributed by atoms with Crippen LogP contribution < -0.4 is 72.9 Å². The number of phenolic OH excluding ortho intramolecular Hbond substituents is 4. The van der Waals surface area contributed by atoms with E-state index in [4.69, 9.17) is 67.8 Å². The van der Waals surface area contributed by atoms with E-state index in [9.17, 15) is 80.1 Å². The van der Waals surface area contributed by atoms with Gasteiger partial charge in [-0.15, -0.1) is 0 Å². The molecule has 2 fully saturated rings. The van der Waals surface area contributed by atoms with E-state index in [1.54, 1.807) is 25.1 Å². The lowest BCUT2D eigenvalue weighted by Gasteiger charge is -2.48. The summed E-state index contributed by atoms with van der Waals surface area (Å²) in [5.74, 6) is -17.0. The second kappa shape index (κ2) is 38.8. The number of nitrogens with two attached hydrogens (primary N) is 2. The highest BCUT2D eigenvalue weighted by atomic mass is 35.5. The van der Waals surface area contributed by atoms with E-state index in [-0.39, 0.29) is 41.4 Å². The minimum absolute atomic E-state index is 0.0254. The Morgan fingerprint density at radius 2 is 1.33 bits per heavy atom. The molecule has 7 aromatic carbocycles. The number of carbonyl (C=O) groups is 10. The lowest BCUT2D eigenvalue weighted by molar-refractivity contribution is -0.334. The summed E-state index contributed by atoms with van der Waals surface area (Å²) in [6.45, 7) is 3.02. The van der Waals surface area contributed by atoms with Crippen molar-refractivity contribution in [2.75, 3.05) is 25.5 Å². The normalized spacial score (nSPS) is 26.1. The number of benzene rings is 7. The van der Waals surface area contributed by atoms with Gasteiger partial charge in [0.05, 0.1) is 47.9 Å². The molecule has 0 saturated carbocycles. The van der Waals surface area contributed by atoms with Crippen LogP contribution in [0.1, 0.15) is 109 Å². The number of carboxylic acid groups (broad SMARTS) is 1. The predicted molar refractivity (Wildman–Crippen MR) is 432 cm³/mol. The molecule has 8 amide bonds. The Bertz CT molecular complexity index is 5210. The summed E-state index contributed by atoms with van der Waals surface area (Å²) < 4.78 is 45.4. The lowest BCUT2D eigenvalue weighted by atomic mass is 9.84. The summed E-state index contributed by atoms with van der Waals surface area (Å²) in [5.41, 5.74) is 8.89. The average Bonchev–Trinajstić information content (AvgIpc) is 0.738. The van der Waals surface area contributed by atoms with Crippen LogP contribution in [0.3, 0.4) is 0 Å². The number of aromatic hydroxyl groups is 4. The zero-order valence-corrected chi connectivity index (χ0v) is 67.8. The van der Waals surface area contributed by atoms with E-state index in [0.717, 1.165) is 72.8 Å². The van der Waals surface area contributed by atoms with Crippen molar-refractivity contribution in [2.45, 2.75) is 162 Å². The topological polar surface area (TPSA) is 606 Å². The van der Waals surface area contributed by atoms with Crippen molar-refractivity contribution in [3.05, 3.63) is 176 Å². The largest absolute Gasteiger partial charge is 0.508 e. The highest BCUT2D eigenvalue weighted by Gasteiger charge is 2.52. The van der Waals surface area contributed by atoms with Crippen LogP contribution in [0.15, 0.2) is 127 Å². The summed E-state index contributed by atoms with van der Waals surface area (Å²) in [4.78, 5) is 143. The molecule has 0 unspecified atom stereocenters. The number of thioether (sulfide) groups is 1. The van der Waals surface area contributed by atoms with Crippen LogP contribution in [0.2, 0.25) is 10.0 Å². The number of carboxylic acids is 1. The smallest absolute Gasteiger partial charge is 0.322 e. The number of fused-ring (bicyclic) bond motifs is 15. The second-order valence-electron chi connectivity index (χ2n) is 29.9. The summed E-state index contributed by atoms with van der Waals surface area (Å²) in [7, 11) is 0. The molecular weight excluding hydrogens is 1680 g/mol. The number of nitrogens with one attached hydrogen (secondary N) is 8. The Hall–Kier alpha value is -11.7. The maximum Gasteiger partial charge on any atom is 0.322 e. The van der Waals surface area contributed by atoms with Crippen LogP contribution in [0.25, 0.3) is 11.1 Å². The van der Waals surface area contributed by atoms with Crippen LogP contribution >= 0.6 is 35.0 Å². The van der Waals surface area contributed by atoms with E-state index >= 15 is 24.0 Å². The molecule has 0 spiro atoms. The van der Waals surface area contributed by atoms with Gasteiger partial charge in [0.2, 0.25) is 59.3 Å². The fraction of sp³-hybridized carbons (Fsp3) is 0.366. The molecule has 7 heterocycles. The molecule has 18 atom stereocenters. The Morgan fingerprint density at radius 1 is 0.683 bits per heavy atom. The Labute approximate surface area is 713 Å². The molecule has 123 heavy (non-hydrogen) atoms. The number of amides is 8. The zero-order chi connectivity index (χ0) is 88.7. The fourth-order valence-corrected chi connectivity index (χ4v) is 15.6. The third-order valence-corrected chi connectivity index (χ3v) is 22.5. The highest BCUT2D eigenvalue weighted by Crippen LogP contribution is 2.50. The monoisotopic (exact) mass is 1760 g/mol. The first-order valence-electron chi connectivity index (χ1n) is 38.3. The molecule has 23 N–H and O–H groups in total. The van der Waals surface area contributed by atoms with Crippen LogP contribution in [-0.4, -0.2) is 219 Å². The fourth-order valence-electron chi connectivity index (χ4n) is 14.6. The third kappa shape index (κ3) is 21.2. The third-order valence-electron chi connectivity index (χ3n) is 21.0. The van der Waals surface area contributed by atoms with Gasteiger partial charge in [0.25, 0.3) is 0 Å². The number of rotatable bonds is 22. The second-order valence-corrected chi connectivity index (χ2v) is 32.0. The molecule has 41 heteroatoms. The van der Waals surface area contributed by atoms with Crippen molar-refractivity contribution in [3.63, 3.8) is 0 Å². The van der Waals surface area contributed by atoms with E-state index in [1.807, 2.05) is 6.07 Å². The molecule has 0 radical (unpaired) electrons. The summed E-state index contributed by atoms with van der Waals surface area (Å²) >= 11 is 15.5. The van der Waals surface area contributed by atoms with Gasteiger partial charge in [-0.05, 0) is 144 Å². The predicted octanol–water partition coefficient (Wildman–Crippen LogP) is 1.74. The number of primary amides is 1. The average molecular weight is 1760 g/mol. The number of carbonyl (C=O) groups excluding carboxylic acids is 9. The van der Waals surface area contributed by atoms with Crippen molar-refractivity contribution >= 4 is 93.3 Å². The summed E-state index contributed by atoms with van der Waals surface area (Å²) in [5, 5.41) is 145. The molecule has 38 nitrogen and oxygen atoms in total. The standard InChI is InChI=1S/C82H88Cl2N10O28S/c1-34-73(108)82(3,88-31-37-6-4-7-44(20-37)116-18-5-19-123-35(2)96)30-60(117-34)121-72-70(107)69(106)57(33-95)120-81(72)122-71-55-25-41-26-56(71)119-54-17-12-40(24-48(54)84)68(105)66-80(115)92-64(76(111)87-32-59(102)103)46-27-43(98)28-52(100)61(46)45-22-38(10-15-51(45)99)62(77(112)94-66)91-78(113)63(41)90-75(110)50(29-58(86)101)89-79(114)65(67(104)39-11-16-53(118-55)47(83)23-39)93-74(109)49(85)21-36-8-13-42(97)14-9-36/h4,6-17,20,22-28,34,49-50,57,60,62-70,72-73,81,88,95,97-100,104-108H,5,18-19,21,29-33,85H2,1-3H3,(H2,86,101)(H,87,111)(H,89,114)(H,90,110)(H,91,113)(H,92,115)(H,93,109)(H,94,112)(H,102,103)/t34-,49-,50-,57+,60-,62+,63+,64-,65+,66-,67+,68+,69+,70-,72+,73+,81-,82-/m0/s1. The molecule has 654 valence electrons. The van der Waals surface area contributed by atoms with Crippen molar-refractivity contribution in [2.24, 2.45) is 11.5 Å². The lowest BCUT2D eigenvalue weighted by Crippen LogP contribution is -2.65. The van der Waals surface area contributed by atoms with Gasteiger partial charge in [0.1, 0.15) is 114 Å². The molecule has 7 aromatic rings. The van der Waals surface area contributed by atoms with Gasteiger partial charge in [-0.1, -0.05) is 77.4 Å². The summed E-state index contributed by atoms with van der Waals surface area (Å²) in [6.07, 6.45) is -19.2. The zero-order valence-electron chi connectivity index (χ0n) is 65.5. The maximum absolute atomic E-state index is 16.3. The van der Waals surface area contributed by atoms with E-state index in [1.165, 1.54) is 55.9 Å². The van der Waals surface area contributed by atoms with Gasteiger partial charge in [0, 0.05) is 48.4 Å². The van der Waals surface area contributed by atoms with Crippen LogP contribution in [-0.2, 0) is 75.1 Å². The molecule has 2 saturated heterocycles.